The quantitative estimate of drug-likeness (QED) is 0.608. The van der Waals surface area contributed by atoms with Crippen molar-refractivity contribution in [2.75, 3.05) is 24.0 Å². The smallest absolute Gasteiger partial charge is 0.231 e. The fraction of sp³-hybridized carbons (Fsp3) is 0.190. The molecule has 8 heteroatoms. The summed E-state index contributed by atoms with van der Waals surface area (Å²) in [5.74, 6) is 3.04. The number of para-hydroxylation sites is 1. The molecule has 0 saturated heterocycles. The first-order valence-corrected chi connectivity index (χ1v) is 9.20. The molecule has 4 rings (SSSR count). The van der Waals surface area contributed by atoms with Crippen LogP contribution < -0.4 is 24.8 Å². The van der Waals surface area contributed by atoms with E-state index in [2.05, 4.69) is 20.8 Å². The molecule has 0 aliphatic carbocycles. The summed E-state index contributed by atoms with van der Waals surface area (Å²) in [7, 11) is 0. The summed E-state index contributed by atoms with van der Waals surface area (Å²) in [5.41, 5.74) is 1.03. The molecule has 8 nitrogen and oxygen atoms in total. The third-order valence-electron chi connectivity index (χ3n) is 4.18. The minimum atomic E-state index is -0.184. The predicted octanol–water partition coefficient (Wildman–Crippen LogP) is 3.23. The number of amides is 1. The third kappa shape index (κ3) is 5.13. The van der Waals surface area contributed by atoms with Gasteiger partial charge in [-0.25, -0.2) is 0 Å². The summed E-state index contributed by atoms with van der Waals surface area (Å²) in [4.78, 5) is 12.0. The number of nitrogens with one attached hydrogen (secondary N) is 2. The van der Waals surface area contributed by atoms with E-state index in [9.17, 15) is 4.79 Å². The Kier molecular flexibility index (Phi) is 5.70. The van der Waals surface area contributed by atoms with Crippen LogP contribution >= 0.6 is 0 Å². The number of nitrogens with zero attached hydrogens (tertiary/aromatic N) is 2. The summed E-state index contributed by atoms with van der Waals surface area (Å²) in [6, 6.07) is 18.6. The number of anilines is 2. The van der Waals surface area contributed by atoms with Gasteiger partial charge in [0, 0.05) is 6.54 Å². The molecule has 0 bridgehead atoms. The first kappa shape index (κ1) is 18.5. The zero-order valence-electron chi connectivity index (χ0n) is 15.6. The van der Waals surface area contributed by atoms with Crippen molar-refractivity contribution in [3.8, 4) is 17.2 Å². The SMILES string of the molecule is O=C(CCOc1ccccc1)Nc1ccc(NCc2ccc3c(c2)OCO3)nn1. The van der Waals surface area contributed by atoms with Gasteiger partial charge in [0.1, 0.15) is 11.6 Å². The second-order valence-corrected chi connectivity index (χ2v) is 6.30. The van der Waals surface area contributed by atoms with E-state index in [0.29, 0.717) is 24.8 Å². The van der Waals surface area contributed by atoms with Crippen molar-refractivity contribution in [1.29, 1.82) is 0 Å². The number of ether oxygens (including phenoxy) is 3. The van der Waals surface area contributed by atoms with Gasteiger partial charge in [-0.1, -0.05) is 24.3 Å². The van der Waals surface area contributed by atoms with Gasteiger partial charge in [0.15, 0.2) is 17.3 Å². The Morgan fingerprint density at radius 2 is 1.76 bits per heavy atom. The van der Waals surface area contributed by atoms with Crippen molar-refractivity contribution in [2.24, 2.45) is 0 Å². The maximum atomic E-state index is 12.0. The zero-order valence-corrected chi connectivity index (χ0v) is 15.6. The standard InChI is InChI=1S/C21H20N4O4/c26-21(10-11-27-16-4-2-1-3-5-16)23-20-9-8-19(24-25-20)22-13-15-6-7-17-18(12-15)29-14-28-17/h1-9,12H,10-11,13-14H2,(H,22,24)(H,23,25,26). The largest absolute Gasteiger partial charge is 0.493 e. The van der Waals surface area contributed by atoms with E-state index in [1.165, 1.54) is 0 Å². The van der Waals surface area contributed by atoms with Gasteiger partial charge in [-0.3, -0.25) is 4.79 Å². The van der Waals surface area contributed by atoms with Crippen molar-refractivity contribution < 1.29 is 19.0 Å². The maximum Gasteiger partial charge on any atom is 0.231 e. The third-order valence-corrected chi connectivity index (χ3v) is 4.18. The lowest BCUT2D eigenvalue weighted by molar-refractivity contribution is -0.116. The summed E-state index contributed by atoms with van der Waals surface area (Å²) < 4.78 is 16.2. The van der Waals surface area contributed by atoms with Crippen LogP contribution in [-0.2, 0) is 11.3 Å². The molecule has 0 atom stereocenters. The molecule has 2 aromatic carbocycles. The van der Waals surface area contributed by atoms with E-state index in [1.807, 2.05) is 48.5 Å². The summed E-state index contributed by atoms with van der Waals surface area (Å²) in [6.07, 6.45) is 0.223. The molecule has 1 amide bonds. The van der Waals surface area contributed by atoms with Crippen LogP contribution in [0, 0.1) is 0 Å². The van der Waals surface area contributed by atoms with E-state index >= 15 is 0 Å². The highest BCUT2D eigenvalue weighted by molar-refractivity contribution is 5.89. The van der Waals surface area contributed by atoms with E-state index in [-0.39, 0.29) is 19.1 Å². The summed E-state index contributed by atoms with van der Waals surface area (Å²) in [6.45, 7) is 1.11. The highest BCUT2D eigenvalue weighted by atomic mass is 16.7. The lowest BCUT2D eigenvalue weighted by atomic mass is 10.2. The van der Waals surface area contributed by atoms with Crippen LogP contribution in [0.3, 0.4) is 0 Å². The second kappa shape index (κ2) is 8.92. The number of hydrogen-bond donors (Lipinski definition) is 2. The number of carbonyl (C=O) groups is 1. The topological polar surface area (TPSA) is 94.6 Å². The lowest BCUT2D eigenvalue weighted by Gasteiger charge is -2.08. The fourth-order valence-electron chi connectivity index (χ4n) is 2.72. The number of carbonyl (C=O) groups excluding carboxylic acids is 1. The van der Waals surface area contributed by atoms with Crippen molar-refractivity contribution in [3.63, 3.8) is 0 Å². The Labute approximate surface area is 167 Å². The maximum absolute atomic E-state index is 12.0. The van der Waals surface area contributed by atoms with E-state index in [1.54, 1.807) is 12.1 Å². The van der Waals surface area contributed by atoms with Crippen LogP contribution in [0.5, 0.6) is 17.2 Å². The minimum absolute atomic E-state index is 0.184. The van der Waals surface area contributed by atoms with Gasteiger partial charge in [0.2, 0.25) is 12.7 Å². The molecule has 2 N–H and O–H groups in total. The molecular formula is C21H20N4O4. The van der Waals surface area contributed by atoms with E-state index < -0.39 is 0 Å². The van der Waals surface area contributed by atoms with E-state index in [0.717, 1.165) is 22.8 Å². The van der Waals surface area contributed by atoms with Crippen molar-refractivity contribution >= 4 is 17.5 Å². The summed E-state index contributed by atoms with van der Waals surface area (Å²) >= 11 is 0. The average molecular weight is 392 g/mol. The summed E-state index contributed by atoms with van der Waals surface area (Å²) in [5, 5.41) is 14.0. The van der Waals surface area contributed by atoms with Gasteiger partial charge in [0.05, 0.1) is 13.0 Å². The minimum Gasteiger partial charge on any atom is -0.493 e. The molecule has 0 unspecified atom stereocenters. The number of fused-ring (bicyclic) bond motifs is 1. The van der Waals surface area contributed by atoms with Crippen LogP contribution in [0.4, 0.5) is 11.6 Å². The van der Waals surface area contributed by atoms with Gasteiger partial charge in [0.25, 0.3) is 0 Å². The molecule has 0 spiro atoms. The van der Waals surface area contributed by atoms with Gasteiger partial charge in [-0.05, 0) is 42.0 Å². The van der Waals surface area contributed by atoms with Crippen LogP contribution in [0.15, 0.2) is 60.7 Å². The molecule has 1 aliphatic rings. The Balaban J connectivity index is 1.22. The Hall–Kier alpha value is -3.81. The van der Waals surface area contributed by atoms with E-state index in [4.69, 9.17) is 14.2 Å². The molecule has 2 heterocycles. The van der Waals surface area contributed by atoms with Gasteiger partial charge >= 0.3 is 0 Å². The van der Waals surface area contributed by atoms with Crippen LogP contribution in [0.25, 0.3) is 0 Å². The first-order chi connectivity index (χ1) is 14.3. The molecule has 1 aromatic heterocycles. The number of aromatic nitrogens is 2. The molecule has 148 valence electrons. The Morgan fingerprint density at radius 3 is 2.59 bits per heavy atom. The highest BCUT2D eigenvalue weighted by Crippen LogP contribution is 2.32. The van der Waals surface area contributed by atoms with Crippen molar-refractivity contribution in [2.45, 2.75) is 13.0 Å². The molecular weight excluding hydrogens is 372 g/mol. The molecule has 0 fully saturated rings. The van der Waals surface area contributed by atoms with Gasteiger partial charge in [-0.15, -0.1) is 10.2 Å². The molecule has 0 saturated carbocycles. The first-order valence-electron chi connectivity index (χ1n) is 9.20. The fourth-order valence-corrected chi connectivity index (χ4v) is 2.72. The Morgan fingerprint density at radius 1 is 0.966 bits per heavy atom. The molecule has 29 heavy (non-hydrogen) atoms. The van der Waals surface area contributed by atoms with Crippen LogP contribution in [0.1, 0.15) is 12.0 Å². The monoisotopic (exact) mass is 392 g/mol. The zero-order chi connectivity index (χ0) is 19.9. The lowest BCUT2D eigenvalue weighted by Crippen LogP contribution is -2.16. The second-order valence-electron chi connectivity index (χ2n) is 6.30. The molecule has 0 radical (unpaired) electrons. The predicted molar refractivity (Wildman–Crippen MR) is 107 cm³/mol. The molecule has 1 aliphatic heterocycles. The number of rotatable bonds is 8. The van der Waals surface area contributed by atoms with Crippen molar-refractivity contribution in [1.82, 2.24) is 10.2 Å². The number of benzene rings is 2. The Bertz CT molecular complexity index is 964. The number of hydrogen-bond acceptors (Lipinski definition) is 7. The van der Waals surface area contributed by atoms with Crippen molar-refractivity contribution in [3.05, 3.63) is 66.2 Å². The normalized spacial score (nSPS) is 11.7. The molecule has 3 aromatic rings. The van der Waals surface area contributed by atoms with Gasteiger partial charge in [-0.2, -0.15) is 0 Å². The average Bonchev–Trinajstić information content (AvgIpc) is 3.22. The van der Waals surface area contributed by atoms with Crippen LogP contribution in [-0.4, -0.2) is 29.5 Å². The highest BCUT2D eigenvalue weighted by Gasteiger charge is 2.13. The van der Waals surface area contributed by atoms with Gasteiger partial charge < -0.3 is 24.8 Å². The van der Waals surface area contributed by atoms with Crippen LogP contribution in [0.2, 0.25) is 0 Å².